The number of hydrogen-bond acceptors (Lipinski definition) is 8. The van der Waals surface area contributed by atoms with Crippen molar-refractivity contribution in [3.63, 3.8) is 0 Å². The van der Waals surface area contributed by atoms with Gasteiger partial charge in [0.05, 0.1) is 12.9 Å². The third-order valence-corrected chi connectivity index (χ3v) is 3.04. The van der Waals surface area contributed by atoms with E-state index in [0.29, 0.717) is 0 Å². The molecule has 0 aliphatic rings. The minimum absolute atomic E-state index is 0.0372. The highest BCUT2D eigenvalue weighted by molar-refractivity contribution is 7.58. The molecule has 2 aromatic heterocycles. The summed E-state index contributed by atoms with van der Waals surface area (Å²) in [4.78, 5) is 48.0. The lowest BCUT2D eigenvalue weighted by Gasteiger charge is -2.15. The highest BCUT2D eigenvalue weighted by Crippen LogP contribution is 2.44. The number of aromatic amines is 1. The predicted molar refractivity (Wildman–Crippen MR) is 71.9 cm³/mol. The van der Waals surface area contributed by atoms with E-state index in [9.17, 15) is 9.18 Å². The van der Waals surface area contributed by atoms with Crippen molar-refractivity contribution in [1.29, 1.82) is 0 Å². The van der Waals surface area contributed by atoms with Crippen molar-refractivity contribution in [2.75, 3.05) is 18.8 Å². The van der Waals surface area contributed by atoms with Crippen LogP contribution >= 0.6 is 7.94 Å². The molecule has 0 saturated heterocycles. The first-order valence-corrected chi connectivity index (χ1v) is 7.58. The number of nitrogens with two attached hydrogens (primary N) is 1. The molecule has 0 bridgehead atoms. The maximum absolute atomic E-state index is 12.9. The summed E-state index contributed by atoms with van der Waals surface area (Å²) < 4.78 is 19.1. The van der Waals surface area contributed by atoms with Crippen LogP contribution in [0, 0.1) is 0 Å². The van der Waals surface area contributed by atoms with Gasteiger partial charge in [0.15, 0.2) is 11.2 Å². The second-order valence-corrected chi connectivity index (χ2v) is 5.93. The number of alkyl halides is 1. The van der Waals surface area contributed by atoms with E-state index < -0.39 is 32.6 Å². The highest BCUT2D eigenvalue weighted by atomic mass is 31.2. The standard InChI is InChI=1S/C9H13FN5O5P/c10-1-5(20-4-21(17,18)19)2-15-3-12-6-7(15)13-9(11)14-8(6)16/h3,5,17-19H,1-2,4H2,(H2-,11,13,14,16)/p+1. The van der Waals surface area contributed by atoms with Crippen LogP contribution in [0.3, 0.4) is 0 Å². The fourth-order valence-corrected chi connectivity index (χ4v) is 2.09. The first-order valence-electron chi connectivity index (χ1n) is 5.74. The van der Waals surface area contributed by atoms with Crippen LogP contribution < -0.4 is 11.3 Å². The van der Waals surface area contributed by atoms with Gasteiger partial charge in [-0.2, -0.15) is 19.7 Å². The topological polar surface area (TPSA) is 160 Å². The second-order valence-electron chi connectivity index (χ2n) is 4.28. The third-order valence-electron chi connectivity index (χ3n) is 2.55. The minimum Gasteiger partial charge on any atom is -0.369 e. The Morgan fingerprint density at radius 2 is 2.24 bits per heavy atom. The number of anilines is 1. The number of hydrogen-bond donors (Lipinski definition) is 5. The van der Waals surface area contributed by atoms with Crippen molar-refractivity contribution in [1.82, 2.24) is 19.5 Å². The molecular weight excluding hydrogens is 308 g/mol. The number of aromatic nitrogens is 4. The number of rotatable bonds is 6. The van der Waals surface area contributed by atoms with Gasteiger partial charge in [0, 0.05) is 0 Å². The normalized spacial score (nSPS) is 13.7. The molecule has 12 heteroatoms. The molecule has 0 amide bonds. The number of ether oxygens (including phenoxy) is 1. The van der Waals surface area contributed by atoms with Crippen molar-refractivity contribution >= 4 is 25.1 Å². The smallest absolute Gasteiger partial charge is 0.369 e. The molecule has 2 rings (SSSR count). The minimum atomic E-state index is -4.14. The molecule has 0 spiro atoms. The Labute approximate surface area is 117 Å². The molecule has 10 nitrogen and oxygen atoms in total. The predicted octanol–water partition coefficient (Wildman–Crippen LogP) is -1.25. The van der Waals surface area contributed by atoms with Crippen molar-refractivity contribution in [2.24, 2.45) is 0 Å². The molecule has 0 saturated carbocycles. The van der Waals surface area contributed by atoms with Crippen molar-refractivity contribution in [3.8, 4) is 0 Å². The molecule has 0 aliphatic heterocycles. The molecular formula is C9H14FN5O5P+. The van der Waals surface area contributed by atoms with E-state index in [-0.39, 0.29) is 23.7 Å². The first-order chi connectivity index (χ1) is 9.80. The molecule has 0 radical (unpaired) electrons. The van der Waals surface area contributed by atoms with Gasteiger partial charge in [-0.25, -0.2) is 9.37 Å². The second kappa shape index (κ2) is 6.00. The zero-order chi connectivity index (χ0) is 15.6. The zero-order valence-corrected chi connectivity index (χ0v) is 11.6. The summed E-state index contributed by atoms with van der Waals surface area (Å²) in [6.45, 7) is -1.04. The Hall–Kier alpha value is -1.65. The SMILES string of the molecule is Nc1nc2c(ncn2CC(CF)OC[P+](O)(O)O)c(=O)[nH]1. The molecule has 2 heterocycles. The lowest BCUT2D eigenvalue weighted by atomic mass is 10.4. The Morgan fingerprint density at radius 3 is 2.86 bits per heavy atom. The third kappa shape index (κ3) is 3.93. The summed E-state index contributed by atoms with van der Waals surface area (Å²) in [6.07, 6.45) is -0.599. The van der Waals surface area contributed by atoms with Crippen molar-refractivity contribution in [2.45, 2.75) is 12.6 Å². The van der Waals surface area contributed by atoms with E-state index >= 15 is 0 Å². The van der Waals surface area contributed by atoms with Crippen LogP contribution in [-0.2, 0) is 11.3 Å². The highest BCUT2D eigenvalue weighted by Gasteiger charge is 2.32. The van der Waals surface area contributed by atoms with Crippen LogP contribution in [0.5, 0.6) is 0 Å². The Balaban J connectivity index is 2.20. The molecule has 0 aromatic carbocycles. The summed E-state index contributed by atoms with van der Waals surface area (Å²) in [5.74, 6) is -0.113. The number of fused-ring (bicyclic) bond motifs is 1. The lowest BCUT2D eigenvalue weighted by Crippen LogP contribution is -2.24. The zero-order valence-electron chi connectivity index (χ0n) is 10.7. The number of H-pyrrole nitrogens is 1. The van der Waals surface area contributed by atoms with Gasteiger partial charge in [-0.05, 0) is 0 Å². The maximum atomic E-state index is 12.9. The van der Waals surface area contributed by atoms with Crippen LogP contribution in [0.2, 0.25) is 0 Å². The summed E-state index contributed by atoms with van der Waals surface area (Å²) in [6, 6.07) is 0. The molecule has 0 fully saturated rings. The van der Waals surface area contributed by atoms with Crippen molar-refractivity contribution < 1.29 is 23.8 Å². The molecule has 1 atom stereocenters. The van der Waals surface area contributed by atoms with Gasteiger partial charge in [-0.15, -0.1) is 0 Å². The van der Waals surface area contributed by atoms with Crippen molar-refractivity contribution in [3.05, 3.63) is 16.7 Å². The van der Waals surface area contributed by atoms with Gasteiger partial charge in [-0.3, -0.25) is 9.78 Å². The van der Waals surface area contributed by atoms with Gasteiger partial charge in [0.2, 0.25) is 12.3 Å². The quantitative estimate of drug-likeness (QED) is 0.413. The van der Waals surface area contributed by atoms with Crippen LogP contribution in [0.15, 0.2) is 11.1 Å². The Bertz CT molecular complexity index is 683. The summed E-state index contributed by atoms with van der Waals surface area (Å²) >= 11 is 0. The van der Waals surface area contributed by atoms with Crippen LogP contribution in [0.4, 0.5) is 10.3 Å². The largest absolute Gasteiger partial charge is 0.431 e. The number of imidazole rings is 1. The van der Waals surface area contributed by atoms with Gasteiger partial charge in [0.1, 0.15) is 12.8 Å². The van der Waals surface area contributed by atoms with Crippen LogP contribution in [0.25, 0.3) is 11.2 Å². The molecule has 21 heavy (non-hydrogen) atoms. The Kier molecular flexibility index (Phi) is 4.49. The Morgan fingerprint density at radius 1 is 1.52 bits per heavy atom. The van der Waals surface area contributed by atoms with E-state index in [0.717, 1.165) is 0 Å². The van der Waals surface area contributed by atoms with Crippen LogP contribution in [-0.4, -0.2) is 53.3 Å². The first kappa shape index (κ1) is 15.7. The van der Waals surface area contributed by atoms with E-state index in [1.807, 2.05) is 0 Å². The summed E-state index contributed by atoms with van der Waals surface area (Å²) in [5, 5.41) is 0. The van der Waals surface area contributed by atoms with Gasteiger partial charge in [0.25, 0.3) is 5.56 Å². The number of nitrogen functional groups attached to an aromatic ring is 1. The molecule has 2 aromatic rings. The summed E-state index contributed by atoms with van der Waals surface area (Å²) in [7, 11) is -4.14. The van der Waals surface area contributed by atoms with Gasteiger partial charge >= 0.3 is 7.94 Å². The van der Waals surface area contributed by atoms with Gasteiger partial charge < -0.3 is 15.0 Å². The number of nitrogens with zero attached hydrogens (tertiary/aromatic N) is 3. The average Bonchev–Trinajstić information content (AvgIpc) is 2.76. The van der Waals surface area contributed by atoms with E-state index in [2.05, 4.69) is 15.0 Å². The summed E-state index contributed by atoms with van der Waals surface area (Å²) in [5.41, 5.74) is 5.08. The maximum Gasteiger partial charge on any atom is 0.431 e. The monoisotopic (exact) mass is 322 g/mol. The molecule has 1 unspecified atom stereocenters. The lowest BCUT2D eigenvalue weighted by molar-refractivity contribution is 0.0406. The fourth-order valence-electron chi connectivity index (χ4n) is 1.68. The average molecular weight is 322 g/mol. The van der Waals surface area contributed by atoms with Crippen LogP contribution in [0.1, 0.15) is 0 Å². The number of halogens is 1. The van der Waals surface area contributed by atoms with E-state index in [4.69, 9.17) is 25.2 Å². The molecule has 6 N–H and O–H groups in total. The number of nitrogens with one attached hydrogen (secondary N) is 1. The van der Waals surface area contributed by atoms with Gasteiger partial charge in [-0.1, -0.05) is 0 Å². The molecule has 116 valence electrons. The fraction of sp³-hybridized carbons (Fsp3) is 0.444. The van der Waals surface area contributed by atoms with E-state index in [1.165, 1.54) is 10.9 Å². The molecule has 0 aliphatic carbocycles. The van der Waals surface area contributed by atoms with E-state index in [1.54, 1.807) is 0 Å².